The van der Waals surface area contributed by atoms with Crippen molar-refractivity contribution in [1.82, 2.24) is 0 Å². The third-order valence-corrected chi connectivity index (χ3v) is 4.32. The van der Waals surface area contributed by atoms with Crippen LogP contribution in [0.3, 0.4) is 0 Å². The molecule has 1 saturated carbocycles. The second-order valence-corrected chi connectivity index (χ2v) is 6.55. The molecule has 1 radical (unpaired) electrons. The molecular weight excluding hydrogens is 312 g/mol. The largest absolute Gasteiger partial charge is 0.493 e. The molecule has 0 saturated heterocycles. The molecule has 3 heteroatoms. The van der Waals surface area contributed by atoms with Gasteiger partial charge in [0.05, 0.1) is 6.61 Å². The van der Waals surface area contributed by atoms with E-state index in [-0.39, 0.29) is 0 Å². The molecule has 2 aromatic rings. The molecule has 133 valence electrons. The SMILES string of the molecule is COCCCOc1cc(CCC2[CH]C2)cc(OCc2ccccc2)c1. The number of hydrogen-bond donors (Lipinski definition) is 0. The van der Waals surface area contributed by atoms with Gasteiger partial charge in [0.25, 0.3) is 0 Å². The van der Waals surface area contributed by atoms with Crippen molar-refractivity contribution in [3.05, 3.63) is 66.1 Å². The van der Waals surface area contributed by atoms with Crippen LogP contribution in [-0.4, -0.2) is 20.3 Å². The smallest absolute Gasteiger partial charge is 0.123 e. The summed E-state index contributed by atoms with van der Waals surface area (Å²) < 4.78 is 17.0. The third kappa shape index (κ3) is 6.43. The number of aryl methyl sites for hydroxylation is 1. The first-order valence-electron chi connectivity index (χ1n) is 9.09. The Morgan fingerprint density at radius 3 is 2.40 bits per heavy atom. The van der Waals surface area contributed by atoms with Gasteiger partial charge in [-0.2, -0.15) is 0 Å². The van der Waals surface area contributed by atoms with Gasteiger partial charge in [0, 0.05) is 26.2 Å². The van der Waals surface area contributed by atoms with Crippen LogP contribution in [-0.2, 0) is 17.8 Å². The van der Waals surface area contributed by atoms with Crippen LogP contribution in [0.15, 0.2) is 48.5 Å². The standard InChI is InChI=1S/C22H27O3/c1-23-12-5-13-24-21-14-20(11-10-18-8-9-18)15-22(16-21)25-17-19-6-3-2-4-7-19/h2-4,6-8,14-16,18H,5,9-13,17H2,1H3. The first-order chi connectivity index (χ1) is 12.3. The monoisotopic (exact) mass is 339 g/mol. The van der Waals surface area contributed by atoms with Crippen molar-refractivity contribution in [3.8, 4) is 11.5 Å². The summed E-state index contributed by atoms with van der Waals surface area (Å²) in [4.78, 5) is 0. The Labute approximate surface area is 150 Å². The summed E-state index contributed by atoms with van der Waals surface area (Å²) in [5, 5.41) is 0. The molecule has 0 amide bonds. The molecule has 0 heterocycles. The maximum Gasteiger partial charge on any atom is 0.123 e. The molecule has 3 rings (SSSR count). The lowest BCUT2D eigenvalue weighted by Gasteiger charge is -2.13. The molecule has 1 aliphatic rings. The van der Waals surface area contributed by atoms with E-state index in [9.17, 15) is 0 Å². The third-order valence-electron chi connectivity index (χ3n) is 4.32. The number of hydrogen-bond acceptors (Lipinski definition) is 3. The van der Waals surface area contributed by atoms with Crippen LogP contribution in [0.2, 0.25) is 0 Å². The zero-order valence-electron chi connectivity index (χ0n) is 14.9. The lowest BCUT2D eigenvalue weighted by Crippen LogP contribution is -2.03. The highest BCUT2D eigenvalue weighted by atomic mass is 16.5. The van der Waals surface area contributed by atoms with Crippen molar-refractivity contribution in [2.75, 3.05) is 20.3 Å². The topological polar surface area (TPSA) is 27.7 Å². The minimum atomic E-state index is 0.573. The average Bonchev–Trinajstić information content (AvgIpc) is 3.47. The summed E-state index contributed by atoms with van der Waals surface area (Å²) in [6.07, 6.45) is 6.81. The Morgan fingerprint density at radius 2 is 1.68 bits per heavy atom. The van der Waals surface area contributed by atoms with Gasteiger partial charge in [0.15, 0.2) is 0 Å². The van der Waals surface area contributed by atoms with Gasteiger partial charge in [-0.25, -0.2) is 0 Å². The van der Waals surface area contributed by atoms with Crippen molar-refractivity contribution >= 4 is 0 Å². The fraction of sp³-hybridized carbons (Fsp3) is 0.409. The zero-order chi connectivity index (χ0) is 17.3. The van der Waals surface area contributed by atoms with Gasteiger partial charge in [0.1, 0.15) is 18.1 Å². The predicted molar refractivity (Wildman–Crippen MR) is 99.9 cm³/mol. The van der Waals surface area contributed by atoms with Gasteiger partial charge < -0.3 is 14.2 Å². The van der Waals surface area contributed by atoms with Crippen LogP contribution in [0.4, 0.5) is 0 Å². The Morgan fingerprint density at radius 1 is 0.920 bits per heavy atom. The van der Waals surface area contributed by atoms with Crippen LogP contribution < -0.4 is 9.47 Å². The summed E-state index contributed by atoms with van der Waals surface area (Å²) in [7, 11) is 1.71. The Kier molecular flexibility index (Phi) is 6.75. The maximum absolute atomic E-state index is 6.01. The number of ether oxygens (including phenoxy) is 3. The molecule has 0 N–H and O–H groups in total. The van der Waals surface area contributed by atoms with Gasteiger partial charge in [-0.15, -0.1) is 0 Å². The molecule has 2 aromatic carbocycles. The zero-order valence-corrected chi connectivity index (χ0v) is 14.9. The summed E-state index contributed by atoms with van der Waals surface area (Å²) in [6.45, 7) is 1.95. The molecule has 1 unspecified atom stereocenters. The lowest BCUT2D eigenvalue weighted by molar-refractivity contribution is 0.172. The second-order valence-electron chi connectivity index (χ2n) is 6.55. The minimum Gasteiger partial charge on any atom is -0.493 e. The molecule has 0 aromatic heterocycles. The van der Waals surface area contributed by atoms with Crippen molar-refractivity contribution in [2.24, 2.45) is 5.92 Å². The first kappa shape index (κ1) is 17.8. The van der Waals surface area contributed by atoms with E-state index in [1.807, 2.05) is 24.3 Å². The van der Waals surface area contributed by atoms with E-state index in [1.165, 1.54) is 24.0 Å². The fourth-order valence-corrected chi connectivity index (χ4v) is 2.76. The highest BCUT2D eigenvalue weighted by molar-refractivity contribution is 5.39. The lowest BCUT2D eigenvalue weighted by atomic mass is 10.1. The van der Waals surface area contributed by atoms with E-state index >= 15 is 0 Å². The summed E-state index contributed by atoms with van der Waals surface area (Å²) >= 11 is 0. The number of rotatable bonds is 11. The van der Waals surface area contributed by atoms with Crippen LogP contribution in [0.25, 0.3) is 0 Å². The number of methoxy groups -OCH3 is 1. The van der Waals surface area contributed by atoms with Gasteiger partial charge in [-0.05, 0) is 54.9 Å². The molecule has 0 bridgehead atoms. The first-order valence-corrected chi connectivity index (χ1v) is 9.09. The second kappa shape index (κ2) is 9.47. The quantitative estimate of drug-likeness (QED) is 0.548. The minimum absolute atomic E-state index is 0.573. The van der Waals surface area contributed by atoms with E-state index in [1.54, 1.807) is 7.11 Å². The van der Waals surface area contributed by atoms with Crippen LogP contribution in [0, 0.1) is 12.3 Å². The van der Waals surface area contributed by atoms with E-state index in [0.717, 1.165) is 30.3 Å². The van der Waals surface area contributed by atoms with Crippen molar-refractivity contribution < 1.29 is 14.2 Å². The maximum atomic E-state index is 6.01. The van der Waals surface area contributed by atoms with E-state index < -0.39 is 0 Å². The molecule has 25 heavy (non-hydrogen) atoms. The van der Waals surface area contributed by atoms with Gasteiger partial charge >= 0.3 is 0 Å². The molecule has 0 spiro atoms. The van der Waals surface area contributed by atoms with Gasteiger partial charge in [0.2, 0.25) is 0 Å². The Hall–Kier alpha value is -2.00. The Balaban J connectivity index is 1.62. The molecule has 1 atom stereocenters. The summed E-state index contributed by atoms with van der Waals surface area (Å²) in [5.74, 6) is 2.57. The summed E-state index contributed by atoms with van der Waals surface area (Å²) in [5.41, 5.74) is 2.45. The van der Waals surface area contributed by atoms with Gasteiger partial charge in [-0.3, -0.25) is 0 Å². The normalized spacial score (nSPS) is 13.6. The van der Waals surface area contributed by atoms with E-state index in [2.05, 4.69) is 30.7 Å². The predicted octanol–water partition coefficient (Wildman–Crippen LogP) is 4.84. The van der Waals surface area contributed by atoms with Crippen LogP contribution >= 0.6 is 0 Å². The van der Waals surface area contributed by atoms with Crippen molar-refractivity contribution in [1.29, 1.82) is 0 Å². The highest BCUT2D eigenvalue weighted by Crippen LogP contribution is 2.33. The molecule has 3 nitrogen and oxygen atoms in total. The van der Waals surface area contributed by atoms with Crippen molar-refractivity contribution in [3.63, 3.8) is 0 Å². The van der Waals surface area contributed by atoms with Crippen LogP contribution in [0.5, 0.6) is 11.5 Å². The van der Waals surface area contributed by atoms with E-state index in [0.29, 0.717) is 19.8 Å². The summed E-state index contributed by atoms with van der Waals surface area (Å²) in [6, 6.07) is 16.5. The number of benzene rings is 2. The molecular formula is C22H27O3. The fourth-order valence-electron chi connectivity index (χ4n) is 2.76. The molecule has 0 aliphatic heterocycles. The van der Waals surface area contributed by atoms with Crippen molar-refractivity contribution in [2.45, 2.75) is 32.3 Å². The highest BCUT2D eigenvalue weighted by Gasteiger charge is 2.21. The Bertz CT molecular complexity index is 635. The van der Waals surface area contributed by atoms with Crippen LogP contribution in [0.1, 0.15) is 30.4 Å². The van der Waals surface area contributed by atoms with E-state index in [4.69, 9.17) is 14.2 Å². The van der Waals surface area contributed by atoms with Gasteiger partial charge in [-0.1, -0.05) is 30.3 Å². The molecule has 1 fully saturated rings. The molecule has 1 aliphatic carbocycles. The average molecular weight is 339 g/mol.